The van der Waals surface area contributed by atoms with Gasteiger partial charge in [-0.15, -0.1) is 0 Å². The second-order valence-corrected chi connectivity index (χ2v) is 5.57. The normalized spacial score (nSPS) is 11.8. The number of aryl methyl sites for hydroxylation is 1. The van der Waals surface area contributed by atoms with Gasteiger partial charge in [0.2, 0.25) is 0 Å². The molecule has 0 amide bonds. The Morgan fingerprint density at radius 3 is 2.53 bits per heavy atom. The number of hydrogen-bond acceptors (Lipinski definition) is 2. The molecule has 0 heterocycles. The number of aliphatic hydroxyl groups excluding tert-OH is 1. The number of unbranched alkanes of at least 4 members (excludes halogenated alkanes) is 2. The molecule has 1 rings (SSSR count). The van der Waals surface area contributed by atoms with E-state index in [2.05, 4.69) is 0 Å². The molecule has 1 N–H and O–H groups in total. The molecule has 19 heavy (non-hydrogen) atoms. The van der Waals surface area contributed by atoms with Crippen LogP contribution in [-0.4, -0.2) is 23.2 Å². The van der Waals surface area contributed by atoms with Crippen LogP contribution in [0.15, 0.2) is 24.3 Å². The van der Waals surface area contributed by atoms with Crippen LogP contribution in [0.5, 0.6) is 0 Å². The van der Waals surface area contributed by atoms with Crippen molar-refractivity contribution in [3.8, 4) is 0 Å². The topological polar surface area (TPSA) is 20.2 Å². The lowest BCUT2D eigenvalue weighted by Crippen LogP contribution is -2.05. The predicted octanol–water partition coefficient (Wildman–Crippen LogP) is 4.14. The molecule has 0 saturated heterocycles. The fraction of sp³-hybridized carbons (Fsp3) is 0.571. The van der Waals surface area contributed by atoms with E-state index in [0.717, 1.165) is 42.4 Å². The largest absolute Gasteiger partial charge is 0.416 e. The lowest BCUT2D eigenvalue weighted by molar-refractivity contribution is -0.137. The third-order valence-corrected chi connectivity index (χ3v) is 3.79. The maximum atomic E-state index is 12.5. The Kier molecular flexibility index (Phi) is 7.31. The molecular weight excluding hydrogens is 273 g/mol. The summed E-state index contributed by atoms with van der Waals surface area (Å²) >= 11 is 1.71. The lowest BCUT2D eigenvalue weighted by Gasteiger charge is -2.08. The summed E-state index contributed by atoms with van der Waals surface area (Å²) in [5.41, 5.74) is 0.182. The molecule has 0 aliphatic rings. The summed E-state index contributed by atoms with van der Waals surface area (Å²) < 4.78 is 37.5. The Hall–Kier alpha value is -0.680. The van der Waals surface area contributed by atoms with Gasteiger partial charge in [0.15, 0.2) is 0 Å². The molecule has 0 radical (unpaired) electrons. The van der Waals surface area contributed by atoms with Crippen molar-refractivity contribution in [2.45, 2.75) is 31.9 Å². The third kappa shape index (κ3) is 6.87. The van der Waals surface area contributed by atoms with Gasteiger partial charge in [0.05, 0.1) is 12.2 Å². The molecule has 0 unspecified atom stereocenters. The molecule has 0 aliphatic carbocycles. The first-order valence-corrected chi connectivity index (χ1v) is 7.54. The summed E-state index contributed by atoms with van der Waals surface area (Å²) in [7, 11) is 0. The van der Waals surface area contributed by atoms with Crippen molar-refractivity contribution in [3.05, 3.63) is 35.4 Å². The molecule has 108 valence electrons. The van der Waals surface area contributed by atoms with E-state index in [1.807, 2.05) is 0 Å². The lowest BCUT2D eigenvalue weighted by atomic mass is 10.0. The maximum Gasteiger partial charge on any atom is 0.416 e. The first-order chi connectivity index (χ1) is 9.04. The molecular formula is C14H19F3OS. The Morgan fingerprint density at radius 1 is 1.05 bits per heavy atom. The molecule has 0 atom stereocenters. The monoisotopic (exact) mass is 292 g/mol. The van der Waals surface area contributed by atoms with Crippen LogP contribution >= 0.6 is 11.8 Å². The van der Waals surface area contributed by atoms with E-state index in [0.29, 0.717) is 6.42 Å². The first-order valence-electron chi connectivity index (χ1n) is 6.39. The Morgan fingerprint density at radius 2 is 1.84 bits per heavy atom. The summed E-state index contributed by atoms with van der Waals surface area (Å²) in [6.45, 7) is 0.203. The van der Waals surface area contributed by atoms with Crippen LogP contribution < -0.4 is 0 Å². The zero-order chi connectivity index (χ0) is 14.1. The highest BCUT2D eigenvalue weighted by Crippen LogP contribution is 2.29. The van der Waals surface area contributed by atoms with Crippen molar-refractivity contribution in [2.75, 3.05) is 18.1 Å². The van der Waals surface area contributed by atoms with E-state index in [1.165, 1.54) is 12.1 Å². The minimum atomic E-state index is -4.25. The van der Waals surface area contributed by atoms with E-state index >= 15 is 0 Å². The number of benzene rings is 1. The van der Waals surface area contributed by atoms with Crippen molar-refractivity contribution in [1.29, 1.82) is 0 Å². The van der Waals surface area contributed by atoms with Crippen LogP contribution in [0, 0.1) is 0 Å². The highest BCUT2D eigenvalue weighted by Gasteiger charge is 2.30. The highest BCUT2D eigenvalue weighted by atomic mass is 32.2. The van der Waals surface area contributed by atoms with Crippen LogP contribution in [0.4, 0.5) is 13.2 Å². The van der Waals surface area contributed by atoms with Crippen molar-refractivity contribution < 1.29 is 18.3 Å². The van der Waals surface area contributed by atoms with Gasteiger partial charge in [0.25, 0.3) is 0 Å². The molecule has 1 aromatic rings. The molecule has 0 bridgehead atoms. The second-order valence-electron chi connectivity index (χ2n) is 4.34. The van der Waals surface area contributed by atoms with Crippen LogP contribution in [0.25, 0.3) is 0 Å². The molecule has 0 saturated carbocycles. The van der Waals surface area contributed by atoms with Crippen LogP contribution in [-0.2, 0) is 12.6 Å². The van der Waals surface area contributed by atoms with Crippen molar-refractivity contribution in [3.63, 3.8) is 0 Å². The quantitative estimate of drug-likeness (QED) is 0.727. The fourth-order valence-corrected chi connectivity index (χ4v) is 2.52. The first kappa shape index (κ1) is 16.4. The maximum absolute atomic E-state index is 12.5. The average molecular weight is 292 g/mol. The Bertz CT molecular complexity index is 366. The average Bonchev–Trinajstić information content (AvgIpc) is 2.37. The molecule has 1 nitrogen and oxygen atoms in total. The van der Waals surface area contributed by atoms with Crippen LogP contribution in [0.1, 0.15) is 30.4 Å². The van der Waals surface area contributed by atoms with Gasteiger partial charge >= 0.3 is 6.18 Å². The third-order valence-electron chi connectivity index (χ3n) is 2.74. The summed E-state index contributed by atoms with van der Waals surface area (Å²) in [5, 5.41) is 8.60. The molecule has 0 aliphatic heterocycles. The van der Waals surface area contributed by atoms with Gasteiger partial charge in [0.1, 0.15) is 0 Å². The van der Waals surface area contributed by atoms with E-state index in [4.69, 9.17) is 5.11 Å². The zero-order valence-corrected chi connectivity index (χ0v) is 11.6. The standard InChI is InChI=1S/C14H19F3OS/c15-14(16,17)13-7-4-6-12(11-13)5-2-1-3-9-19-10-8-18/h4,6-7,11,18H,1-3,5,8-10H2. The summed E-state index contributed by atoms with van der Waals surface area (Å²) in [4.78, 5) is 0. The Balaban J connectivity index is 2.26. The van der Waals surface area contributed by atoms with E-state index in [-0.39, 0.29) is 6.61 Å². The second kappa shape index (κ2) is 8.48. The number of thioether (sulfide) groups is 1. The summed E-state index contributed by atoms with van der Waals surface area (Å²) in [5.74, 6) is 1.76. The van der Waals surface area contributed by atoms with Gasteiger partial charge in [0, 0.05) is 5.75 Å². The van der Waals surface area contributed by atoms with Gasteiger partial charge < -0.3 is 5.11 Å². The summed E-state index contributed by atoms with van der Waals surface area (Å²) in [6.07, 6.45) is -0.606. The van der Waals surface area contributed by atoms with Gasteiger partial charge in [-0.25, -0.2) is 0 Å². The molecule has 0 spiro atoms. The van der Waals surface area contributed by atoms with Crippen molar-refractivity contribution >= 4 is 11.8 Å². The van der Waals surface area contributed by atoms with Gasteiger partial charge in [-0.2, -0.15) is 24.9 Å². The number of alkyl halides is 3. The van der Waals surface area contributed by atoms with Crippen molar-refractivity contribution in [1.82, 2.24) is 0 Å². The predicted molar refractivity (Wildman–Crippen MR) is 73.4 cm³/mol. The number of rotatable bonds is 8. The Labute approximate surface area is 116 Å². The molecule has 0 fully saturated rings. The fourth-order valence-electron chi connectivity index (χ4n) is 1.78. The van der Waals surface area contributed by atoms with E-state index in [9.17, 15) is 13.2 Å². The molecule has 5 heteroatoms. The van der Waals surface area contributed by atoms with Crippen molar-refractivity contribution in [2.24, 2.45) is 0 Å². The zero-order valence-electron chi connectivity index (χ0n) is 10.7. The van der Waals surface area contributed by atoms with Gasteiger partial charge in [-0.3, -0.25) is 0 Å². The van der Waals surface area contributed by atoms with Gasteiger partial charge in [-0.1, -0.05) is 24.6 Å². The minimum Gasteiger partial charge on any atom is -0.396 e. The van der Waals surface area contributed by atoms with Crippen LogP contribution in [0.2, 0.25) is 0 Å². The summed E-state index contributed by atoms with van der Waals surface area (Å²) in [6, 6.07) is 5.56. The molecule has 1 aromatic carbocycles. The smallest absolute Gasteiger partial charge is 0.396 e. The molecule has 0 aromatic heterocycles. The van der Waals surface area contributed by atoms with Gasteiger partial charge in [-0.05, 0) is 36.6 Å². The SMILES string of the molecule is OCCSCCCCCc1cccc(C(F)(F)F)c1. The highest BCUT2D eigenvalue weighted by molar-refractivity contribution is 7.99. The number of aliphatic hydroxyl groups is 1. The van der Waals surface area contributed by atoms with E-state index < -0.39 is 11.7 Å². The number of halogens is 3. The number of hydrogen-bond donors (Lipinski definition) is 1. The minimum absolute atomic E-state index is 0.203. The van der Waals surface area contributed by atoms with E-state index in [1.54, 1.807) is 17.8 Å². The van der Waals surface area contributed by atoms with Crippen LogP contribution in [0.3, 0.4) is 0 Å².